The van der Waals surface area contributed by atoms with Gasteiger partial charge in [0.25, 0.3) is 0 Å². The van der Waals surface area contributed by atoms with E-state index in [-0.39, 0.29) is 11.8 Å². The van der Waals surface area contributed by atoms with Crippen LogP contribution in [-0.2, 0) is 9.53 Å². The summed E-state index contributed by atoms with van der Waals surface area (Å²) in [6.07, 6.45) is 21.4. The highest BCUT2D eigenvalue weighted by Crippen LogP contribution is 2.15. The number of cyclic esters (lactones) is 1. The first-order valence-electron chi connectivity index (χ1n) is 11.7. The molecule has 5 heteroatoms. The zero-order valence-electron chi connectivity index (χ0n) is 20.2. The van der Waals surface area contributed by atoms with Crippen LogP contribution >= 0.6 is 0 Å². The Morgan fingerprint density at radius 2 is 1.73 bits per heavy atom. The van der Waals surface area contributed by atoms with Gasteiger partial charge < -0.3 is 20.1 Å². The highest BCUT2D eigenvalue weighted by atomic mass is 16.5. The summed E-state index contributed by atoms with van der Waals surface area (Å²) in [7, 11) is 0. The van der Waals surface area contributed by atoms with E-state index >= 15 is 0 Å². The maximum Gasteiger partial charge on any atom is 0.331 e. The molecule has 1 heterocycles. The fourth-order valence-electron chi connectivity index (χ4n) is 3.09. The van der Waals surface area contributed by atoms with Gasteiger partial charge in [0, 0.05) is 18.4 Å². The standard InChI is InChI=1S/C28H40O5/c1-5-6-16-24-17-8-7-9-18-25(29)28(32)27(31)23(4)15-11-14-21(2)12-10-13-22(3)19-20-26(30)33-24/h6-13,15-16,18-21,23-25,27-29,31-32H,5,14,17H2,1-4H3/b8-7+,12-10+,15-11+,16-6+,18-9-,20-19+,22-13+/t21-,23-,24-,25-,27-,28+/m0/s1. The number of allylic oxidation sites excluding steroid dienone is 9. The number of hydrogen-bond acceptors (Lipinski definition) is 5. The van der Waals surface area contributed by atoms with Gasteiger partial charge in [0.05, 0.1) is 6.10 Å². The van der Waals surface area contributed by atoms with Gasteiger partial charge in [-0.1, -0.05) is 93.2 Å². The van der Waals surface area contributed by atoms with Gasteiger partial charge in [0.2, 0.25) is 0 Å². The van der Waals surface area contributed by atoms with Gasteiger partial charge in [-0.3, -0.25) is 0 Å². The van der Waals surface area contributed by atoms with Crippen LogP contribution in [0.4, 0.5) is 0 Å². The number of carbonyl (C=O) groups excluding carboxylic acids is 1. The third kappa shape index (κ3) is 12.4. The molecule has 0 bridgehead atoms. The molecular formula is C28H40O5. The highest BCUT2D eigenvalue weighted by Gasteiger charge is 2.26. The second kappa shape index (κ2) is 16.2. The number of aliphatic hydroxyl groups excluding tert-OH is 3. The van der Waals surface area contributed by atoms with E-state index in [1.54, 1.807) is 18.2 Å². The number of esters is 1. The van der Waals surface area contributed by atoms with Crippen LogP contribution in [0.15, 0.2) is 84.6 Å². The molecule has 1 aliphatic heterocycles. The lowest BCUT2D eigenvalue weighted by atomic mass is 9.94. The maximum absolute atomic E-state index is 12.2. The molecule has 0 saturated carbocycles. The summed E-state index contributed by atoms with van der Waals surface area (Å²) in [5.74, 6) is -0.442. The Labute approximate surface area is 198 Å². The predicted molar refractivity (Wildman–Crippen MR) is 134 cm³/mol. The van der Waals surface area contributed by atoms with Crippen LogP contribution in [0.1, 0.15) is 47.0 Å². The molecule has 0 aliphatic carbocycles. The number of carbonyl (C=O) groups is 1. The van der Waals surface area contributed by atoms with E-state index < -0.39 is 30.4 Å². The molecule has 0 spiro atoms. The summed E-state index contributed by atoms with van der Waals surface area (Å²) in [5.41, 5.74) is 0.933. The maximum atomic E-state index is 12.2. The van der Waals surface area contributed by atoms with Gasteiger partial charge in [-0.15, -0.1) is 0 Å². The second-order valence-electron chi connectivity index (χ2n) is 8.46. The van der Waals surface area contributed by atoms with E-state index in [0.717, 1.165) is 18.4 Å². The molecule has 1 aliphatic rings. The third-order valence-corrected chi connectivity index (χ3v) is 5.24. The minimum atomic E-state index is -1.30. The number of rotatable bonds is 2. The van der Waals surface area contributed by atoms with E-state index in [1.807, 2.05) is 63.3 Å². The van der Waals surface area contributed by atoms with Crippen molar-refractivity contribution >= 4 is 5.97 Å². The van der Waals surface area contributed by atoms with Gasteiger partial charge in [-0.25, -0.2) is 4.79 Å². The SMILES string of the molecule is CC/C=C/[C@H]1C/C=C/C=C\[C@H](O)[C@@H](O)[C@@H](O)[C@@H](C)/C=C/C[C@@H](C)/C=C/C=C(C)/C=C/C(=O)O1. The van der Waals surface area contributed by atoms with Crippen molar-refractivity contribution < 1.29 is 24.9 Å². The van der Waals surface area contributed by atoms with Gasteiger partial charge in [-0.05, 0) is 31.8 Å². The minimum Gasteiger partial charge on any atom is -0.455 e. The van der Waals surface area contributed by atoms with E-state index in [0.29, 0.717) is 6.42 Å². The molecule has 6 atom stereocenters. The first-order chi connectivity index (χ1) is 15.7. The molecular weight excluding hydrogens is 416 g/mol. The molecule has 0 radical (unpaired) electrons. The Morgan fingerprint density at radius 3 is 2.45 bits per heavy atom. The van der Waals surface area contributed by atoms with Crippen LogP contribution in [0.3, 0.4) is 0 Å². The first kappa shape index (κ1) is 28.6. The molecule has 0 aromatic heterocycles. The molecule has 182 valence electrons. The largest absolute Gasteiger partial charge is 0.455 e. The first-order valence-corrected chi connectivity index (χ1v) is 11.7. The summed E-state index contributed by atoms with van der Waals surface area (Å²) in [6, 6.07) is 0. The Kier molecular flexibility index (Phi) is 14.0. The van der Waals surface area contributed by atoms with Crippen molar-refractivity contribution in [2.24, 2.45) is 11.8 Å². The molecule has 0 fully saturated rings. The lowest BCUT2D eigenvalue weighted by molar-refractivity contribution is -0.140. The Bertz CT molecular complexity index is 784. The van der Waals surface area contributed by atoms with Crippen molar-refractivity contribution in [2.45, 2.75) is 71.4 Å². The molecule has 0 saturated heterocycles. The lowest BCUT2D eigenvalue weighted by Gasteiger charge is -2.24. The second-order valence-corrected chi connectivity index (χ2v) is 8.46. The zero-order chi connectivity index (χ0) is 24.6. The minimum absolute atomic E-state index is 0.276. The van der Waals surface area contributed by atoms with Crippen molar-refractivity contribution in [3.63, 3.8) is 0 Å². The van der Waals surface area contributed by atoms with Gasteiger partial charge in [0.1, 0.15) is 18.3 Å². The Balaban J connectivity index is 3.06. The molecule has 0 aromatic carbocycles. The Morgan fingerprint density at radius 1 is 0.970 bits per heavy atom. The van der Waals surface area contributed by atoms with Crippen LogP contribution < -0.4 is 0 Å². The fraction of sp³-hybridized carbons (Fsp3) is 0.464. The summed E-state index contributed by atoms with van der Waals surface area (Å²) in [4.78, 5) is 12.2. The van der Waals surface area contributed by atoms with Crippen molar-refractivity contribution in [1.82, 2.24) is 0 Å². The van der Waals surface area contributed by atoms with Crippen molar-refractivity contribution in [2.75, 3.05) is 0 Å². The monoisotopic (exact) mass is 456 g/mol. The zero-order valence-corrected chi connectivity index (χ0v) is 20.2. The number of ether oxygens (including phenoxy) is 1. The Hall–Kier alpha value is -2.47. The van der Waals surface area contributed by atoms with E-state index in [2.05, 4.69) is 13.0 Å². The van der Waals surface area contributed by atoms with Gasteiger partial charge in [-0.2, -0.15) is 0 Å². The summed E-state index contributed by atoms with van der Waals surface area (Å²) < 4.78 is 5.53. The van der Waals surface area contributed by atoms with Crippen molar-refractivity contribution in [3.05, 3.63) is 84.6 Å². The average Bonchev–Trinajstić information content (AvgIpc) is 2.78. The quantitative estimate of drug-likeness (QED) is 0.413. The summed E-state index contributed by atoms with van der Waals surface area (Å²) in [5, 5.41) is 30.8. The highest BCUT2D eigenvalue weighted by molar-refractivity contribution is 5.82. The van der Waals surface area contributed by atoms with E-state index in [9.17, 15) is 20.1 Å². The van der Waals surface area contributed by atoms with Gasteiger partial charge >= 0.3 is 5.97 Å². The van der Waals surface area contributed by atoms with E-state index in [1.165, 1.54) is 12.2 Å². The van der Waals surface area contributed by atoms with Crippen LogP contribution in [-0.4, -0.2) is 45.7 Å². The molecule has 0 unspecified atom stereocenters. The molecule has 5 nitrogen and oxygen atoms in total. The molecule has 3 N–H and O–H groups in total. The molecule has 1 rings (SSSR count). The normalized spacial score (nSPS) is 37.5. The van der Waals surface area contributed by atoms with Crippen LogP contribution in [0, 0.1) is 11.8 Å². The number of hydrogen-bond donors (Lipinski definition) is 3. The predicted octanol–water partition coefficient (Wildman–Crippen LogP) is 4.74. The molecule has 0 aromatic rings. The van der Waals surface area contributed by atoms with Gasteiger partial charge in [0.15, 0.2) is 0 Å². The van der Waals surface area contributed by atoms with Crippen LogP contribution in [0.2, 0.25) is 0 Å². The van der Waals surface area contributed by atoms with E-state index in [4.69, 9.17) is 4.74 Å². The fourth-order valence-corrected chi connectivity index (χ4v) is 3.09. The lowest BCUT2D eigenvalue weighted by Crippen LogP contribution is -2.39. The number of aliphatic hydroxyl groups is 3. The molecule has 33 heavy (non-hydrogen) atoms. The van der Waals surface area contributed by atoms with Crippen molar-refractivity contribution in [3.8, 4) is 0 Å². The van der Waals surface area contributed by atoms with Crippen LogP contribution in [0.25, 0.3) is 0 Å². The van der Waals surface area contributed by atoms with Crippen molar-refractivity contribution in [1.29, 1.82) is 0 Å². The summed E-state index contributed by atoms with van der Waals surface area (Å²) >= 11 is 0. The average molecular weight is 457 g/mol. The molecule has 0 amide bonds. The smallest absolute Gasteiger partial charge is 0.331 e. The third-order valence-electron chi connectivity index (χ3n) is 5.24. The summed E-state index contributed by atoms with van der Waals surface area (Å²) in [6.45, 7) is 7.82. The topological polar surface area (TPSA) is 87.0 Å². The van der Waals surface area contributed by atoms with Crippen LogP contribution in [0.5, 0.6) is 0 Å².